The Balaban J connectivity index is 1.68. The maximum absolute atomic E-state index is 13.4. The highest BCUT2D eigenvalue weighted by Gasteiger charge is 2.38. The molecule has 2 aliphatic rings. The molecule has 0 aromatic heterocycles. The smallest absolute Gasteiger partial charge is 0.255 e. The number of hydrogen-bond donors (Lipinski definition) is 3. The largest absolute Gasteiger partial charge is 0.386 e. The van der Waals surface area contributed by atoms with Crippen LogP contribution in [-0.4, -0.2) is 58.3 Å². The molecule has 2 aliphatic heterocycles. The number of carbonyl (C=O) groups excluding carboxylic acids is 2. The summed E-state index contributed by atoms with van der Waals surface area (Å²) in [5.41, 5.74) is 8.37. The molecule has 0 aliphatic carbocycles. The number of nitrogens with one attached hydrogen (secondary N) is 2. The number of nitro groups is 1. The van der Waals surface area contributed by atoms with Crippen LogP contribution in [-0.2, 0) is 4.79 Å². The summed E-state index contributed by atoms with van der Waals surface area (Å²) in [5, 5.41) is 22.3. The molecule has 2 unspecified atom stereocenters. The number of benzene rings is 2. The van der Waals surface area contributed by atoms with Gasteiger partial charge in [0, 0.05) is 30.1 Å². The summed E-state index contributed by atoms with van der Waals surface area (Å²) in [6.07, 6.45) is 0.0469. The number of hydrogen-bond acceptors (Lipinski definition) is 5. The van der Waals surface area contributed by atoms with Crippen LogP contribution in [0.5, 0.6) is 0 Å². The van der Waals surface area contributed by atoms with Gasteiger partial charge in [-0.3, -0.25) is 15.0 Å². The van der Waals surface area contributed by atoms with E-state index in [-0.39, 0.29) is 49.6 Å². The molecule has 0 bridgehead atoms. The summed E-state index contributed by atoms with van der Waals surface area (Å²) < 4.78 is 0. The van der Waals surface area contributed by atoms with Crippen LogP contribution in [0, 0.1) is 15.5 Å². The number of anilines is 1. The quantitative estimate of drug-likeness (QED) is 0.294. The van der Waals surface area contributed by atoms with Crippen LogP contribution >= 0.6 is 0 Å². The molecule has 2 aromatic rings. The Bertz CT molecular complexity index is 1070. The van der Waals surface area contributed by atoms with Crippen molar-refractivity contribution in [3.05, 3.63) is 75.3 Å². The van der Waals surface area contributed by atoms with Crippen molar-refractivity contribution in [1.29, 1.82) is 5.41 Å². The zero-order valence-electron chi connectivity index (χ0n) is 16.7. The maximum atomic E-state index is 13.4. The molecule has 4 N–H and O–H groups in total. The molecule has 0 spiro atoms. The van der Waals surface area contributed by atoms with Crippen LogP contribution in [0.2, 0.25) is 0 Å². The standard InChI is InChI=1S/C21H22N6O4/c22-20(23)18-12-25(27(30)31)9-10-26(18)19(28)11-16-13-5-1-2-7-15(13)21(29)24-17-8-4-3-6-14(16)17/h1-8,16,18H,9-12H2,(H3,22,23)(H,24,29). The Morgan fingerprint density at radius 2 is 1.84 bits per heavy atom. The number of amidine groups is 1. The van der Waals surface area contributed by atoms with Crippen LogP contribution in [0.1, 0.15) is 33.8 Å². The van der Waals surface area contributed by atoms with Crippen molar-refractivity contribution in [2.24, 2.45) is 5.73 Å². The van der Waals surface area contributed by atoms with Gasteiger partial charge in [-0.25, -0.2) is 10.1 Å². The minimum atomic E-state index is -0.873. The van der Waals surface area contributed by atoms with Gasteiger partial charge in [0.05, 0.1) is 6.54 Å². The molecule has 2 aromatic carbocycles. The zero-order chi connectivity index (χ0) is 22.1. The number of fused-ring (bicyclic) bond motifs is 2. The first-order chi connectivity index (χ1) is 14.9. The van der Waals surface area contributed by atoms with Crippen molar-refractivity contribution in [2.45, 2.75) is 18.4 Å². The molecule has 160 valence electrons. The maximum Gasteiger partial charge on any atom is 0.255 e. The molecule has 2 amide bonds. The Morgan fingerprint density at radius 1 is 1.16 bits per heavy atom. The van der Waals surface area contributed by atoms with Crippen LogP contribution < -0.4 is 11.1 Å². The second-order valence-electron chi connectivity index (χ2n) is 7.59. The van der Waals surface area contributed by atoms with Crippen LogP contribution in [0.25, 0.3) is 0 Å². The van der Waals surface area contributed by atoms with E-state index in [9.17, 15) is 19.7 Å². The van der Waals surface area contributed by atoms with E-state index in [1.807, 2.05) is 30.3 Å². The summed E-state index contributed by atoms with van der Waals surface area (Å²) >= 11 is 0. The Morgan fingerprint density at radius 3 is 2.55 bits per heavy atom. The van der Waals surface area contributed by atoms with Crippen molar-refractivity contribution in [3.63, 3.8) is 0 Å². The van der Waals surface area contributed by atoms with Crippen LogP contribution in [0.3, 0.4) is 0 Å². The zero-order valence-corrected chi connectivity index (χ0v) is 16.7. The molecular weight excluding hydrogens is 400 g/mol. The number of para-hydroxylation sites is 1. The Labute approximate surface area is 178 Å². The highest BCUT2D eigenvalue weighted by atomic mass is 16.7. The van der Waals surface area contributed by atoms with E-state index in [1.54, 1.807) is 18.2 Å². The summed E-state index contributed by atoms with van der Waals surface area (Å²) in [5.74, 6) is -1.19. The second-order valence-corrected chi connectivity index (χ2v) is 7.59. The minimum Gasteiger partial charge on any atom is -0.386 e. The number of amides is 2. The first-order valence-electron chi connectivity index (χ1n) is 9.88. The van der Waals surface area contributed by atoms with Gasteiger partial charge in [-0.1, -0.05) is 36.4 Å². The number of carbonyl (C=O) groups is 2. The van der Waals surface area contributed by atoms with Gasteiger partial charge in [-0.05, 0) is 23.3 Å². The number of hydrazine groups is 1. The lowest BCUT2D eigenvalue weighted by atomic mass is 9.85. The molecule has 2 atom stereocenters. The summed E-state index contributed by atoms with van der Waals surface area (Å²) in [6, 6.07) is 13.6. The van der Waals surface area contributed by atoms with Gasteiger partial charge in [-0.2, -0.15) is 0 Å². The number of piperazine rings is 1. The van der Waals surface area contributed by atoms with Crippen LogP contribution in [0.4, 0.5) is 5.69 Å². The first kappa shape index (κ1) is 20.3. The highest BCUT2D eigenvalue weighted by Crippen LogP contribution is 2.38. The van der Waals surface area contributed by atoms with Crippen molar-refractivity contribution in [1.82, 2.24) is 9.91 Å². The second kappa shape index (κ2) is 8.05. The van der Waals surface area contributed by atoms with Crippen molar-refractivity contribution in [2.75, 3.05) is 25.0 Å². The molecule has 2 heterocycles. The molecule has 4 rings (SSSR count). The molecule has 10 heteroatoms. The fourth-order valence-corrected chi connectivity index (χ4v) is 4.27. The predicted octanol–water partition coefficient (Wildman–Crippen LogP) is 1.41. The average Bonchev–Trinajstić information content (AvgIpc) is 2.88. The molecule has 31 heavy (non-hydrogen) atoms. The van der Waals surface area contributed by atoms with Crippen molar-refractivity contribution in [3.8, 4) is 0 Å². The number of rotatable bonds is 4. The lowest BCUT2D eigenvalue weighted by molar-refractivity contribution is -0.658. The van der Waals surface area contributed by atoms with E-state index in [4.69, 9.17) is 11.1 Å². The topological polar surface area (TPSA) is 146 Å². The normalized spacial score (nSPS) is 20.2. The summed E-state index contributed by atoms with van der Waals surface area (Å²) in [4.78, 5) is 38.6. The minimum absolute atomic E-state index is 0.0469. The third-order valence-corrected chi connectivity index (χ3v) is 5.81. The predicted molar refractivity (Wildman–Crippen MR) is 113 cm³/mol. The lowest BCUT2D eigenvalue weighted by Gasteiger charge is -2.37. The van der Waals surface area contributed by atoms with Gasteiger partial charge in [0.25, 0.3) is 5.91 Å². The fourth-order valence-electron chi connectivity index (χ4n) is 4.27. The number of nitrogens with two attached hydrogens (primary N) is 1. The van der Waals surface area contributed by atoms with Gasteiger partial charge in [0.1, 0.15) is 18.4 Å². The van der Waals surface area contributed by atoms with Gasteiger partial charge in [0.2, 0.25) is 5.91 Å². The summed E-state index contributed by atoms with van der Waals surface area (Å²) in [6.45, 7) is 0.0175. The third-order valence-electron chi connectivity index (χ3n) is 5.81. The fraction of sp³-hybridized carbons (Fsp3) is 0.286. The SMILES string of the molecule is N=C(N)C1CN([N+](=O)[O-])CCN1C(=O)CC1c2ccccc2NC(=O)c2ccccc21. The van der Waals surface area contributed by atoms with E-state index in [1.165, 1.54) is 4.90 Å². The van der Waals surface area contributed by atoms with E-state index in [2.05, 4.69) is 5.32 Å². The lowest BCUT2D eigenvalue weighted by Crippen LogP contribution is -2.60. The van der Waals surface area contributed by atoms with Gasteiger partial charge in [0.15, 0.2) is 5.03 Å². The van der Waals surface area contributed by atoms with Crippen molar-refractivity contribution >= 4 is 23.3 Å². The monoisotopic (exact) mass is 422 g/mol. The van der Waals surface area contributed by atoms with E-state index >= 15 is 0 Å². The van der Waals surface area contributed by atoms with Crippen molar-refractivity contribution < 1.29 is 14.6 Å². The Kier molecular flexibility index (Phi) is 5.28. The molecule has 0 radical (unpaired) electrons. The molecule has 1 saturated heterocycles. The Hall–Kier alpha value is -3.95. The molecule has 0 saturated carbocycles. The van der Waals surface area contributed by atoms with Gasteiger partial charge in [-0.15, -0.1) is 5.01 Å². The first-order valence-corrected chi connectivity index (χ1v) is 9.88. The van der Waals surface area contributed by atoms with Gasteiger partial charge < -0.3 is 16.0 Å². The third kappa shape index (κ3) is 3.79. The van der Waals surface area contributed by atoms with Gasteiger partial charge >= 0.3 is 0 Å². The van der Waals surface area contributed by atoms with Crippen LogP contribution in [0.15, 0.2) is 48.5 Å². The summed E-state index contributed by atoms with van der Waals surface area (Å²) in [7, 11) is 0. The molecular formula is C21H22N6O4. The molecule has 10 nitrogen and oxygen atoms in total. The highest BCUT2D eigenvalue weighted by molar-refractivity contribution is 6.07. The van der Waals surface area contributed by atoms with E-state index in [0.29, 0.717) is 11.3 Å². The van der Waals surface area contributed by atoms with E-state index in [0.717, 1.165) is 16.1 Å². The average molecular weight is 422 g/mol. The van der Waals surface area contributed by atoms with E-state index < -0.39 is 11.1 Å². The molecule has 1 fully saturated rings. The number of nitrogens with zero attached hydrogens (tertiary/aromatic N) is 3.